The summed E-state index contributed by atoms with van der Waals surface area (Å²) >= 11 is 11.8. The average molecular weight is 463 g/mol. The van der Waals surface area contributed by atoms with Gasteiger partial charge in [-0.1, -0.05) is 34.5 Å². The van der Waals surface area contributed by atoms with Gasteiger partial charge in [-0.25, -0.2) is 4.68 Å². The third kappa shape index (κ3) is 4.98. The van der Waals surface area contributed by atoms with Gasteiger partial charge in [-0.15, -0.1) is 5.10 Å². The van der Waals surface area contributed by atoms with E-state index in [-0.39, 0.29) is 22.9 Å². The van der Waals surface area contributed by atoms with Crippen molar-refractivity contribution in [3.63, 3.8) is 0 Å². The van der Waals surface area contributed by atoms with Crippen LogP contribution in [-0.4, -0.2) is 50.2 Å². The van der Waals surface area contributed by atoms with Gasteiger partial charge in [0.05, 0.1) is 32.9 Å². The molecule has 0 unspecified atom stereocenters. The minimum atomic E-state index is -0.529. The van der Waals surface area contributed by atoms with E-state index < -0.39 is 16.7 Å². The zero-order chi connectivity index (χ0) is 22.7. The Kier molecular flexibility index (Phi) is 6.52. The highest BCUT2D eigenvalue weighted by Gasteiger charge is 2.23. The van der Waals surface area contributed by atoms with E-state index in [1.54, 1.807) is 25.1 Å². The highest BCUT2D eigenvalue weighted by atomic mass is 35.5. The number of likely N-dealkylation sites (N-methyl/N-ethyl adjacent to an activating group) is 1. The third-order valence-electron chi connectivity index (χ3n) is 4.31. The fourth-order valence-electron chi connectivity index (χ4n) is 2.75. The summed E-state index contributed by atoms with van der Waals surface area (Å²) in [4.78, 5) is 36.7. The lowest BCUT2D eigenvalue weighted by Gasteiger charge is -2.16. The number of hydrogen-bond donors (Lipinski definition) is 1. The van der Waals surface area contributed by atoms with E-state index in [1.165, 1.54) is 40.9 Å². The summed E-state index contributed by atoms with van der Waals surface area (Å²) in [7, 11) is 1.45. The molecule has 3 aromatic rings. The standard InChI is InChI=1S/C19H16Cl2N6O4/c1-11-18(23-24-26(11)13-4-3-5-14(9-13)27(30)31)19(29)25(2)10-17(28)22-12-6-7-15(20)16(21)8-12/h3-9H,10H2,1-2H3,(H,22,28). The Bertz CT molecular complexity index is 1180. The second-order valence-electron chi connectivity index (χ2n) is 6.55. The molecule has 31 heavy (non-hydrogen) atoms. The monoisotopic (exact) mass is 462 g/mol. The van der Waals surface area contributed by atoms with Crippen molar-refractivity contribution in [2.24, 2.45) is 0 Å². The predicted octanol–water partition coefficient (Wildman–Crippen LogP) is 3.50. The number of nitro benzene ring substituents is 1. The van der Waals surface area contributed by atoms with Gasteiger partial charge in [0, 0.05) is 24.9 Å². The first-order chi connectivity index (χ1) is 14.7. The summed E-state index contributed by atoms with van der Waals surface area (Å²) in [6, 6.07) is 10.4. The number of benzene rings is 2. The Hall–Kier alpha value is -3.50. The van der Waals surface area contributed by atoms with Crippen LogP contribution < -0.4 is 5.32 Å². The Morgan fingerprint density at radius 3 is 2.61 bits per heavy atom. The van der Waals surface area contributed by atoms with Crippen LogP contribution in [0.3, 0.4) is 0 Å². The molecule has 2 amide bonds. The molecule has 0 aliphatic carbocycles. The summed E-state index contributed by atoms with van der Waals surface area (Å²) in [5, 5.41) is 22.1. The van der Waals surface area contributed by atoms with Crippen molar-refractivity contribution < 1.29 is 14.5 Å². The van der Waals surface area contributed by atoms with Crippen molar-refractivity contribution in [1.29, 1.82) is 0 Å². The molecule has 12 heteroatoms. The van der Waals surface area contributed by atoms with Crippen molar-refractivity contribution in [3.8, 4) is 5.69 Å². The van der Waals surface area contributed by atoms with E-state index in [1.807, 2.05) is 0 Å². The highest BCUT2D eigenvalue weighted by molar-refractivity contribution is 6.42. The van der Waals surface area contributed by atoms with Gasteiger partial charge in [0.15, 0.2) is 5.69 Å². The van der Waals surface area contributed by atoms with Gasteiger partial charge in [-0.2, -0.15) is 0 Å². The molecule has 0 bridgehead atoms. The van der Waals surface area contributed by atoms with Gasteiger partial charge in [-0.3, -0.25) is 19.7 Å². The zero-order valence-corrected chi connectivity index (χ0v) is 17.9. The second-order valence-corrected chi connectivity index (χ2v) is 7.36. The van der Waals surface area contributed by atoms with Gasteiger partial charge >= 0.3 is 0 Å². The third-order valence-corrected chi connectivity index (χ3v) is 5.05. The van der Waals surface area contributed by atoms with Crippen molar-refractivity contribution >= 4 is 46.4 Å². The SMILES string of the molecule is Cc1c(C(=O)N(C)CC(=O)Nc2ccc(Cl)c(Cl)c2)nnn1-c1cccc([N+](=O)[O-])c1. The molecule has 0 saturated heterocycles. The first kappa shape index (κ1) is 22.2. The molecule has 1 heterocycles. The number of halogens is 2. The number of rotatable bonds is 6. The molecule has 3 rings (SSSR count). The van der Waals surface area contributed by atoms with Gasteiger partial charge in [0.1, 0.15) is 0 Å². The number of non-ortho nitro benzene ring substituents is 1. The van der Waals surface area contributed by atoms with Crippen LogP contribution in [0.25, 0.3) is 5.69 Å². The molecule has 0 saturated carbocycles. The van der Waals surface area contributed by atoms with E-state index in [9.17, 15) is 19.7 Å². The molecule has 0 spiro atoms. The minimum absolute atomic E-state index is 0.0244. The zero-order valence-electron chi connectivity index (χ0n) is 16.4. The summed E-state index contributed by atoms with van der Waals surface area (Å²) < 4.78 is 1.32. The lowest BCUT2D eigenvalue weighted by Crippen LogP contribution is -2.35. The van der Waals surface area contributed by atoms with Gasteiger partial charge in [-0.05, 0) is 31.2 Å². The smallest absolute Gasteiger partial charge is 0.276 e. The Balaban J connectivity index is 1.72. The van der Waals surface area contributed by atoms with Crippen LogP contribution in [0.4, 0.5) is 11.4 Å². The molecule has 1 N–H and O–H groups in total. The molecule has 2 aromatic carbocycles. The van der Waals surface area contributed by atoms with Gasteiger partial charge in [0.2, 0.25) is 5.91 Å². The molecule has 0 aliphatic rings. The quantitative estimate of drug-likeness (QED) is 0.441. The molecule has 0 fully saturated rings. The maximum atomic E-state index is 12.8. The number of carbonyl (C=O) groups excluding carboxylic acids is 2. The fraction of sp³-hybridized carbons (Fsp3) is 0.158. The molecule has 160 valence electrons. The van der Waals surface area contributed by atoms with Crippen molar-refractivity contribution in [2.75, 3.05) is 18.9 Å². The van der Waals surface area contributed by atoms with E-state index >= 15 is 0 Å². The van der Waals surface area contributed by atoms with Gasteiger partial charge in [0.25, 0.3) is 11.6 Å². The molecular formula is C19H16Cl2N6O4. The maximum absolute atomic E-state index is 12.8. The summed E-state index contributed by atoms with van der Waals surface area (Å²) in [5.74, 6) is -0.976. The fourth-order valence-corrected chi connectivity index (χ4v) is 3.05. The van der Waals surface area contributed by atoms with Crippen molar-refractivity contribution in [2.45, 2.75) is 6.92 Å². The van der Waals surface area contributed by atoms with Crippen molar-refractivity contribution in [3.05, 3.63) is 74.0 Å². The number of nitrogens with one attached hydrogen (secondary N) is 1. The molecular weight excluding hydrogens is 447 g/mol. The molecule has 0 atom stereocenters. The van der Waals surface area contributed by atoms with Crippen LogP contribution in [0.2, 0.25) is 10.0 Å². The number of anilines is 1. The normalized spacial score (nSPS) is 10.6. The van der Waals surface area contributed by atoms with E-state index in [2.05, 4.69) is 15.6 Å². The highest BCUT2D eigenvalue weighted by Crippen LogP contribution is 2.25. The van der Waals surface area contributed by atoms with Crippen LogP contribution in [0.15, 0.2) is 42.5 Å². The average Bonchev–Trinajstić information content (AvgIpc) is 3.11. The Labute approximate surface area is 186 Å². The Morgan fingerprint density at radius 2 is 1.94 bits per heavy atom. The van der Waals surface area contributed by atoms with Crippen LogP contribution in [0.5, 0.6) is 0 Å². The topological polar surface area (TPSA) is 123 Å². The molecule has 0 aliphatic heterocycles. The van der Waals surface area contributed by atoms with E-state index in [4.69, 9.17) is 23.2 Å². The Morgan fingerprint density at radius 1 is 1.19 bits per heavy atom. The maximum Gasteiger partial charge on any atom is 0.276 e. The summed E-state index contributed by atoms with van der Waals surface area (Å²) in [5.41, 5.74) is 1.11. The number of hydrogen-bond acceptors (Lipinski definition) is 6. The predicted molar refractivity (Wildman–Crippen MR) is 115 cm³/mol. The van der Waals surface area contributed by atoms with Gasteiger partial charge < -0.3 is 10.2 Å². The van der Waals surface area contributed by atoms with Crippen LogP contribution in [0, 0.1) is 17.0 Å². The number of carbonyl (C=O) groups is 2. The van der Waals surface area contributed by atoms with Crippen molar-refractivity contribution in [1.82, 2.24) is 19.9 Å². The van der Waals surface area contributed by atoms with Crippen LogP contribution in [-0.2, 0) is 4.79 Å². The van der Waals surface area contributed by atoms with Crippen LogP contribution in [0.1, 0.15) is 16.2 Å². The van der Waals surface area contributed by atoms with E-state index in [0.717, 1.165) is 0 Å². The lowest BCUT2D eigenvalue weighted by molar-refractivity contribution is -0.384. The molecule has 10 nitrogen and oxygen atoms in total. The number of nitro groups is 1. The molecule has 0 radical (unpaired) electrons. The number of nitrogens with zero attached hydrogens (tertiary/aromatic N) is 5. The van der Waals surface area contributed by atoms with Crippen LogP contribution >= 0.6 is 23.2 Å². The first-order valence-electron chi connectivity index (χ1n) is 8.85. The lowest BCUT2D eigenvalue weighted by atomic mass is 10.2. The number of amides is 2. The molecule has 1 aromatic heterocycles. The summed E-state index contributed by atoms with van der Waals surface area (Å²) in [6.07, 6.45) is 0. The second kappa shape index (κ2) is 9.11. The number of aromatic nitrogens is 3. The largest absolute Gasteiger partial charge is 0.331 e. The first-order valence-corrected chi connectivity index (χ1v) is 9.60. The van der Waals surface area contributed by atoms with E-state index in [0.29, 0.717) is 22.1 Å². The summed E-state index contributed by atoms with van der Waals surface area (Å²) in [6.45, 7) is 1.36. The minimum Gasteiger partial charge on any atom is -0.331 e.